The van der Waals surface area contributed by atoms with Gasteiger partial charge in [0, 0.05) is 33.2 Å². The summed E-state index contributed by atoms with van der Waals surface area (Å²) in [7, 11) is 3.53. The average molecular weight is 360 g/mol. The van der Waals surface area contributed by atoms with Crippen molar-refractivity contribution in [1.82, 2.24) is 20.4 Å². The summed E-state index contributed by atoms with van der Waals surface area (Å²) in [6.07, 6.45) is 3.41. The predicted molar refractivity (Wildman–Crippen MR) is 107 cm³/mol. The second-order valence-electron chi connectivity index (χ2n) is 7.05. The van der Waals surface area contributed by atoms with Crippen molar-refractivity contribution in [1.29, 1.82) is 0 Å². The highest BCUT2D eigenvalue weighted by atomic mass is 16.2. The van der Waals surface area contributed by atoms with Crippen LogP contribution in [0, 0.1) is 0 Å². The molecule has 2 rings (SSSR count). The van der Waals surface area contributed by atoms with E-state index in [1.807, 2.05) is 18.2 Å². The third-order valence-corrected chi connectivity index (χ3v) is 4.64. The number of nitrogens with one attached hydrogen (secondary N) is 2. The lowest BCUT2D eigenvalue weighted by atomic mass is 10.1. The van der Waals surface area contributed by atoms with E-state index in [1.165, 1.54) is 13.0 Å². The fourth-order valence-electron chi connectivity index (χ4n) is 3.03. The third kappa shape index (κ3) is 7.04. The van der Waals surface area contributed by atoms with Crippen molar-refractivity contribution in [3.05, 3.63) is 35.9 Å². The minimum Gasteiger partial charge on any atom is -0.354 e. The van der Waals surface area contributed by atoms with Crippen molar-refractivity contribution in [2.45, 2.75) is 38.8 Å². The van der Waals surface area contributed by atoms with E-state index in [9.17, 15) is 4.79 Å². The Morgan fingerprint density at radius 3 is 2.54 bits per heavy atom. The van der Waals surface area contributed by atoms with Crippen molar-refractivity contribution in [2.24, 2.45) is 4.99 Å². The number of hydrogen-bond acceptors (Lipinski definition) is 3. The summed E-state index contributed by atoms with van der Waals surface area (Å²) in [5.74, 6) is 0.759. The first-order valence-corrected chi connectivity index (χ1v) is 9.59. The Morgan fingerprint density at radius 2 is 1.92 bits per heavy atom. The van der Waals surface area contributed by atoms with Gasteiger partial charge in [-0.2, -0.15) is 0 Å². The Hall–Kier alpha value is -2.08. The van der Waals surface area contributed by atoms with Gasteiger partial charge in [-0.3, -0.25) is 4.79 Å². The summed E-state index contributed by atoms with van der Waals surface area (Å²) >= 11 is 0. The number of carbonyl (C=O) groups excluding carboxylic acids is 1. The predicted octanol–water partition coefficient (Wildman–Crippen LogP) is 1.68. The summed E-state index contributed by atoms with van der Waals surface area (Å²) < 4.78 is 0. The highest BCUT2D eigenvalue weighted by Crippen LogP contribution is 2.10. The number of likely N-dealkylation sites (tertiary alicyclic amines) is 1. The second-order valence-corrected chi connectivity index (χ2v) is 7.05. The molecule has 6 heteroatoms. The van der Waals surface area contributed by atoms with Crippen LogP contribution in [0.4, 0.5) is 0 Å². The van der Waals surface area contributed by atoms with Crippen molar-refractivity contribution in [3.63, 3.8) is 0 Å². The van der Waals surface area contributed by atoms with Gasteiger partial charge in [0.05, 0.1) is 13.1 Å². The fourth-order valence-corrected chi connectivity index (χ4v) is 3.03. The molecule has 6 nitrogen and oxygen atoms in total. The first kappa shape index (κ1) is 20.2. The number of piperidine rings is 1. The van der Waals surface area contributed by atoms with Gasteiger partial charge in [0.1, 0.15) is 0 Å². The van der Waals surface area contributed by atoms with E-state index in [0.29, 0.717) is 12.6 Å². The zero-order valence-electron chi connectivity index (χ0n) is 16.4. The van der Waals surface area contributed by atoms with Crippen LogP contribution in [-0.4, -0.2) is 68.0 Å². The number of likely N-dealkylation sites (N-methyl/N-ethyl adjacent to an activating group) is 1. The zero-order chi connectivity index (χ0) is 18.8. The molecule has 0 aliphatic carbocycles. The van der Waals surface area contributed by atoms with E-state index < -0.39 is 0 Å². The molecule has 144 valence electrons. The van der Waals surface area contributed by atoms with Crippen LogP contribution in [0.1, 0.15) is 31.7 Å². The molecule has 1 aliphatic heterocycles. The van der Waals surface area contributed by atoms with Gasteiger partial charge in [0.25, 0.3) is 0 Å². The maximum Gasteiger partial charge on any atom is 0.241 e. The highest BCUT2D eigenvalue weighted by Gasteiger charge is 2.19. The van der Waals surface area contributed by atoms with Gasteiger partial charge in [-0.25, -0.2) is 4.99 Å². The van der Waals surface area contributed by atoms with Crippen molar-refractivity contribution < 1.29 is 4.79 Å². The Bertz CT molecular complexity index is 565. The van der Waals surface area contributed by atoms with Crippen LogP contribution in [0.2, 0.25) is 0 Å². The van der Waals surface area contributed by atoms with Gasteiger partial charge >= 0.3 is 0 Å². The monoisotopic (exact) mass is 359 g/mol. The number of aliphatic imine (C=N–C) groups is 1. The lowest BCUT2D eigenvalue weighted by Crippen LogP contribution is -2.50. The number of benzene rings is 1. The van der Waals surface area contributed by atoms with Crippen LogP contribution < -0.4 is 10.6 Å². The summed E-state index contributed by atoms with van der Waals surface area (Å²) in [5, 5.41) is 6.71. The van der Waals surface area contributed by atoms with Gasteiger partial charge in [-0.05, 0) is 31.4 Å². The standard InChI is InChI=1S/C20H33N5O/c1-4-12-25-13-10-18(11-14-25)23-20(22-16-19(26)24(2)3)21-15-17-8-6-5-7-9-17/h5-9,18H,4,10-16H2,1-3H3,(H2,21,22,23). The number of nitrogens with zero attached hydrogens (tertiary/aromatic N) is 3. The lowest BCUT2D eigenvalue weighted by Gasteiger charge is -2.32. The Labute approximate surface area is 157 Å². The molecule has 0 radical (unpaired) electrons. The van der Waals surface area contributed by atoms with Crippen LogP contribution in [0.15, 0.2) is 35.3 Å². The number of rotatable bonds is 7. The number of amides is 1. The van der Waals surface area contributed by atoms with Crippen LogP contribution >= 0.6 is 0 Å². The molecule has 0 aromatic heterocycles. The van der Waals surface area contributed by atoms with Gasteiger partial charge < -0.3 is 20.4 Å². The molecule has 0 saturated carbocycles. The van der Waals surface area contributed by atoms with E-state index >= 15 is 0 Å². The van der Waals surface area contributed by atoms with Gasteiger partial charge in [-0.1, -0.05) is 37.3 Å². The molecule has 1 heterocycles. The number of hydrogen-bond donors (Lipinski definition) is 2. The van der Waals surface area contributed by atoms with Crippen molar-refractivity contribution >= 4 is 11.9 Å². The topological polar surface area (TPSA) is 60.0 Å². The quantitative estimate of drug-likeness (QED) is 0.574. The lowest BCUT2D eigenvalue weighted by molar-refractivity contribution is -0.127. The van der Waals surface area contributed by atoms with E-state index in [4.69, 9.17) is 0 Å². The van der Waals surface area contributed by atoms with Crippen LogP contribution in [0.3, 0.4) is 0 Å². The first-order valence-electron chi connectivity index (χ1n) is 9.59. The number of guanidine groups is 1. The molecule has 1 aromatic rings. The summed E-state index contributed by atoms with van der Waals surface area (Å²) in [5.41, 5.74) is 1.16. The summed E-state index contributed by atoms with van der Waals surface area (Å²) in [4.78, 5) is 20.7. The molecular formula is C20H33N5O. The molecule has 2 N–H and O–H groups in total. The van der Waals surface area contributed by atoms with Gasteiger partial charge in [0.15, 0.2) is 5.96 Å². The van der Waals surface area contributed by atoms with Crippen LogP contribution in [0.25, 0.3) is 0 Å². The van der Waals surface area contributed by atoms with E-state index in [0.717, 1.165) is 37.5 Å². The maximum atomic E-state index is 11.9. The van der Waals surface area contributed by atoms with Crippen LogP contribution in [-0.2, 0) is 11.3 Å². The number of carbonyl (C=O) groups is 1. The smallest absolute Gasteiger partial charge is 0.241 e. The molecule has 0 spiro atoms. The second kappa shape index (κ2) is 10.8. The molecule has 1 fully saturated rings. The summed E-state index contributed by atoms with van der Waals surface area (Å²) in [6.45, 7) is 6.49. The van der Waals surface area contributed by atoms with Gasteiger partial charge in [0.2, 0.25) is 5.91 Å². The van der Waals surface area contributed by atoms with Gasteiger partial charge in [-0.15, -0.1) is 0 Å². The van der Waals surface area contributed by atoms with Crippen molar-refractivity contribution in [2.75, 3.05) is 40.3 Å². The van der Waals surface area contributed by atoms with Crippen LogP contribution in [0.5, 0.6) is 0 Å². The third-order valence-electron chi connectivity index (χ3n) is 4.64. The van der Waals surface area contributed by atoms with Crippen molar-refractivity contribution in [3.8, 4) is 0 Å². The molecular weight excluding hydrogens is 326 g/mol. The minimum atomic E-state index is 0.0389. The van der Waals surface area contributed by atoms with E-state index in [1.54, 1.807) is 19.0 Å². The molecule has 0 atom stereocenters. The Kier molecular flexibility index (Phi) is 8.41. The largest absolute Gasteiger partial charge is 0.354 e. The molecule has 1 saturated heterocycles. The minimum absolute atomic E-state index is 0.0389. The molecule has 1 aromatic carbocycles. The zero-order valence-corrected chi connectivity index (χ0v) is 16.4. The fraction of sp³-hybridized carbons (Fsp3) is 0.600. The Morgan fingerprint density at radius 1 is 1.23 bits per heavy atom. The van der Waals surface area contributed by atoms with E-state index in [-0.39, 0.29) is 12.5 Å². The molecule has 0 bridgehead atoms. The molecule has 1 amide bonds. The SMILES string of the molecule is CCCN1CCC(NC(=NCc2ccccc2)NCC(=O)N(C)C)CC1. The molecule has 0 unspecified atom stereocenters. The summed E-state index contributed by atoms with van der Waals surface area (Å²) in [6, 6.07) is 10.6. The first-order chi connectivity index (χ1) is 12.6. The average Bonchev–Trinajstić information content (AvgIpc) is 2.66. The Balaban J connectivity index is 1.92. The van der Waals surface area contributed by atoms with E-state index in [2.05, 4.69) is 39.6 Å². The maximum absolute atomic E-state index is 11.9. The molecule has 1 aliphatic rings. The molecule has 26 heavy (non-hydrogen) atoms. The highest BCUT2D eigenvalue weighted by molar-refractivity contribution is 5.86. The normalized spacial score (nSPS) is 16.3.